The zero-order chi connectivity index (χ0) is 15.3. The highest BCUT2D eigenvalue weighted by molar-refractivity contribution is 5.25. The fraction of sp³-hybridized carbons (Fsp3) is 0.647. The summed E-state index contributed by atoms with van der Waals surface area (Å²) in [5.74, 6) is -0.123. The number of hydrogen-bond acceptors (Lipinski definition) is 2. The van der Waals surface area contributed by atoms with Gasteiger partial charge in [-0.05, 0) is 58.7 Å². The smallest absolute Gasteiger partial charge is 0.126 e. The van der Waals surface area contributed by atoms with Gasteiger partial charge in [0.05, 0.1) is 0 Å². The van der Waals surface area contributed by atoms with Gasteiger partial charge in [-0.2, -0.15) is 0 Å². The van der Waals surface area contributed by atoms with Crippen molar-refractivity contribution in [2.75, 3.05) is 13.1 Å². The molecular formula is C17H29FN2. The van der Waals surface area contributed by atoms with Crippen LogP contribution in [0.2, 0.25) is 0 Å². The van der Waals surface area contributed by atoms with Gasteiger partial charge in [-0.15, -0.1) is 0 Å². The van der Waals surface area contributed by atoms with Crippen molar-refractivity contribution in [2.45, 2.75) is 59.7 Å². The molecule has 1 atom stereocenters. The molecule has 0 bridgehead atoms. The third-order valence-electron chi connectivity index (χ3n) is 3.84. The maximum atomic E-state index is 13.6. The first-order valence-corrected chi connectivity index (χ1v) is 7.58. The highest BCUT2D eigenvalue weighted by atomic mass is 19.1. The number of nitrogens with one attached hydrogen (secondary N) is 1. The predicted molar refractivity (Wildman–Crippen MR) is 84.5 cm³/mol. The second-order valence-corrected chi connectivity index (χ2v) is 6.11. The standard InChI is InChI=1S/C17H29FN2/c1-12(2)20(13(3)4)10-9-19-15(6)16-8-7-14(5)17(18)11-16/h7-8,11-13,15,19H,9-10H2,1-6H3. The molecule has 114 valence electrons. The Kier molecular flexibility index (Phi) is 6.63. The fourth-order valence-corrected chi connectivity index (χ4v) is 2.52. The van der Waals surface area contributed by atoms with Crippen LogP contribution in [0.1, 0.15) is 51.8 Å². The van der Waals surface area contributed by atoms with Gasteiger partial charge in [0.25, 0.3) is 0 Å². The minimum atomic E-state index is -0.123. The molecule has 0 spiro atoms. The molecule has 1 unspecified atom stereocenters. The Hall–Kier alpha value is -0.930. The molecule has 0 aliphatic heterocycles. The zero-order valence-corrected chi connectivity index (χ0v) is 13.7. The topological polar surface area (TPSA) is 15.3 Å². The predicted octanol–water partition coefficient (Wildman–Crippen LogP) is 3.90. The minimum Gasteiger partial charge on any atom is -0.309 e. The molecule has 0 saturated carbocycles. The zero-order valence-electron chi connectivity index (χ0n) is 13.7. The Bertz CT molecular complexity index is 407. The van der Waals surface area contributed by atoms with E-state index >= 15 is 0 Å². The lowest BCUT2D eigenvalue weighted by atomic mass is 10.1. The van der Waals surface area contributed by atoms with E-state index in [1.165, 1.54) is 0 Å². The van der Waals surface area contributed by atoms with Crippen molar-refractivity contribution in [1.29, 1.82) is 0 Å². The molecule has 3 heteroatoms. The molecule has 0 amide bonds. The van der Waals surface area contributed by atoms with E-state index < -0.39 is 0 Å². The summed E-state index contributed by atoms with van der Waals surface area (Å²) in [6.45, 7) is 14.7. The normalized spacial score (nSPS) is 13.5. The van der Waals surface area contributed by atoms with E-state index in [0.717, 1.165) is 18.7 Å². The van der Waals surface area contributed by atoms with Crippen molar-refractivity contribution in [3.8, 4) is 0 Å². The summed E-state index contributed by atoms with van der Waals surface area (Å²) in [6.07, 6.45) is 0. The second-order valence-electron chi connectivity index (χ2n) is 6.11. The number of aryl methyl sites for hydroxylation is 1. The van der Waals surface area contributed by atoms with E-state index in [2.05, 4.69) is 44.8 Å². The van der Waals surface area contributed by atoms with Gasteiger partial charge in [-0.3, -0.25) is 4.90 Å². The molecule has 0 heterocycles. The van der Waals surface area contributed by atoms with Crippen molar-refractivity contribution in [2.24, 2.45) is 0 Å². The monoisotopic (exact) mass is 280 g/mol. The molecule has 0 saturated heterocycles. The van der Waals surface area contributed by atoms with E-state index in [9.17, 15) is 4.39 Å². The summed E-state index contributed by atoms with van der Waals surface area (Å²) in [6, 6.07) is 6.74. The van der Waals surface area contributed by atoms with E-state index in [4.69, 9.17) is 0 Å². The number of benzene rings is 1. The van der Waals surface area contributed by atoms with Gasteiger partial charge >= 0.3 is 0 Å². The highest BCUT2D eigenvalue weighted by Gasteiger charge is 2.13. The van der Waals surface area contributed by atoms with Gasteiger partial charge in [0.15, 0.2) is 0 Å². The van der Waals surface area contributed by atoms with Crippen molar-refractivity contribution in [3.63, 3.8) is 0 Å². The van der Waals surface area contributed by atoms with E-state index in [1.54, 1.807) is 13.0 Å². The van der Waals surface area contributed by atoms with Crippen LogP contribution in [-0.2, 0) is 0 Å². The lowest BCUT2D eigenvalue weighted by Gasteiger charge is -2.31. The Morgan fingerprint density at radius 1 is 1.10 bits per heavy atom. The number of rotatable bonds is 7. The molecule has 1 aromatic carbocycles. The lowest BCUT2D eigenvalue weighted by Crippen LogP contribution is -2.41. The lowest BCUT2D eigenvalue weighted by molar-refractivity contribution is 0.174. The molecule has 1 rings (SSSR count). The first-order valence-electron chi connectivity index (χ1n) is 7.58. The molecule has 20 heavy (non-hydrogen) atoms. The van der Waals surface area contributed by atoms with E-state index in [-0.39, 0.29) is 11.9 Å². The second kappa shape index (κ2) is 7.75. The number of halogens is 1. The van der Waals surface area contributed by atoms with Gasteiger partial charge in [-0.25, -0.2) is 4.39 Å². The highest BCUT2D eigenvalue weighted by Crippen LogP contribution is 2.16. The van der Waals surface area contributed by atoms with Crippen LogP contribution >= 0.6 is 0 Å². The molecule has 1 N–H and O–H groups in total. The number of hydrogen-bond donors (Lipinski definition) is 1. The quantitative estimate of drug-likeness (QED) is 0.815. The molecule has 1 aromatic rings. The summed E-state index contributed by atoms with van der Waals surface area (Å²) < 4.78 is 13.6. The van der Waals surface area contributed by atoms with Gasteiger partial charge in [-0.1, -0.05) is 12.1 Å². The summed E-state index contributed by atoms with van der Waals surface area (Å²) in [5, 5.41) is 3.48. The first kappa shape index (κ1) is 17.1. The van der Waals surface area contributed by atoms with Crippen LogP contribution in [0.5, 0.6) is 0 Å². The van der Waals surface area contributed by atoms with E-state index in [0.29, 0.717) is 17.6 Å². The number of nitrogens with zero attached hydrogens (tertiary/aromatic N) is 1. The maximum Gasteiger partial charge on any atom is 0.126 e. The Morgan fingerprint density at radius 3 is 2.20 bits per heavy atom. The van der Waals surface area contributed by atoms with Crippen LogP contribution in [0.3, 0.4) is 0 Å². The maximum absolute atomic E-state index is 13.6. The average Bonchev–Trinajstić information content (AvgIpc) is 2.36. The van der Waals surface area contributed by atoms with Crippen LogP contribution in [0.25, 0.3) is 0 Å². The Balaban J connectivity index is 2.50. The summed E-state index contributed by atoms with van der Waals surface area (Å²) in [5.41, 5.74) is 1.71. The van der Waals surface area contributed by atoms with Crippen LogP contribution in [-0.4, -0.2) is 30.1 Å². The van der Waals surface area contributed by atoms with Crippen LogP contribution in [0.15, 0.2) is 18.2 Å². The molecule has 0 radical (unpaired) electrons. The Morgan fingerprint density at radius 2 is 1.70 bits per heavy atom. The van der Waals surface area contributed by atoms with Crippen molar-refractivity contribution < 1.29 is 4.39 Å². The van der Waals surface area contributed by atoms with Crippen molar-refractivity contribution in [1.82, 2.24) is 10.2 Å². The third kappa shape index (κ3) is 4.88. The summed E-state index contributed by atoms with van der Waals surface area (Å²) >= 11 is 0. The van der Waals surface area contributed by atoms with Crippen LogP contribution in [0, 0.1) is 12.7 Å². The van der Waals surface area contributed by atoms with Crippen LogP contribution in [0.4, 0.5) is 4.39 Å². The fourth-order valence-electron chi connectivity index (χ4n) is 2.52. The molecule has 0 aromatic heterocycles. The average molecular weight is 280 g/mol. The van der Waals surface area contributed by atoms with Gasteiger partial charge in [0, 0.05) is 31.2 Å². The summed E-state index contributed by atoms with van der Waals surface area (Å²) in [7, 11) is 0. The SMILES string of the molecule is Cc1ccc(C(C)NCCN(C(C)C)C(C)C)cc1F. The van der Waals surface area contributed by atoms with Crippen molar-refractivity contribution in [3.05, 3.63) is 35.1 Å². The molecule has 2 nitrogen and oxygen atoms in total. The molecule has 0 aliphatic rings. The van der Waals surface area contributed by atoms with Gasteiger partial charge in [0.2, 0.25) is 0 Å². The molecule has 0 aliphatic carbocycles. The minimum absolute atomic E-state index is 0.123. The Labute approximate surface area is 123 Å². The summed E-state index contributed by atoms with van der Waals surface area (Å²) in [4.78, 5) is 2.45. The molecule has 0 fully saturated rings. The van der Waals surface area contributed by atoms with Gasteiger partial charge < -0.3 is 5.32 Å². The first-order chi connectivity index (χ1) is 9.32. The van der Waals surface area contributed by atoms with Crippen molar-refractivity contribution >= 4 is 0 Å². The van der Waals surface area contributed by atoms with Crippen LogP contribution < -0.4 is 5.32 Å². The van der Waals surface area contributed by atoms with E-state index in [1.807, 2.05) is 12.1 Å². The molecular weight excluding hydrogens is 251 g/mol. The third-order valence-corrected chi connectivity index (χ3v) is 3.84. The van der Waals surface area contributed by atoms with Gasteiger partial charge in [0.1, 0.15) is 5.82 Å². The largest absolute Gasteiger partial charge is 0.309 e.